The van der Waals surface area contributed by atoms with Gasteiger partial charge in [-0.15, -0.1) is 0 Å². The van der Waals surface area contributed by atoms with Gasteiger partial charge in [0.05, 0.1) is 19.3 Å². The van der Waals surface area contributed by atoms with Crippen molar-refractivity contribution in [3.63, 3.8) is 0 Å². The van der Waals surface area contributed by atoms with Crippen LogP contribution in [0.4, 0.5) is 4.79 Å². The summed E-state index contributed by atoms with van der Waals surface area (Å²) in [6.45, 7) is 11.5. The number of nitrogens with one attached hydrogen (secondary N) is 1. The van der Waals surface area contributed by atoms with E-state index < -0.39 is 5.60 Å². The van der Waals surface area contributed by atoms with Gasteiger partial charge in [0, 0.05) is 19.6 Å². The van der Waals surface area contributed by atoms with Gasteiger partial charge in [0.25, 0.3) is 0 Å². The summed E-state index contributed by atoms with van der Waals surface area (Å²) in [5.41, 5.74) is -0.432. The molecule has 1 rings (SSSR count). The van der Waals surface area contributed by atoms with Crippen LogP contribution in [-0.4, -0.2) is 55.5 Å². The van der Waals surface area contributed by atoms with E-state index in [1.165, 1.54) is 0 Å². The van der Waals surface area contributed by atoms with Crippen molar-refractivity contribution in [3.8, 4) is 0 Å². The number of hydrogen-bond donors (Lipinski definition) is 1. The van der Waals surface area contributed by atoms with Crippen LogP contribution >= 0.6 is 0 Å². The lowest BCUT2D eigenvalue weighted by molar-refractivity contribution is -0.00682. The quantitative estimate of drug-likeness (QED) is 0.786. The number of hydrogen-bond acceptors (Lipinski definition) is 4. The number of carbonyl (C=O) groups excluding carboxylic acids is 1. The highest BCUT2D eigenvalue weighted by molar-refractivity contribution is 5.68. The first-order valence-electron chi connectivity index (χ1n) is 6.71. The Morgan fingerprint density at radius 2 is 2.06 bits per heavy atom. The molecule has 1 aliphatic rings. The van der Waals surface area contributed by atoms with Crippen molar-refractivity contribution in [1.29, 1.82) is 0 Å². The summed E-state index contributed by atoms with van der Waals surface area (Å²) in [5, 5.41) is 3.35. The molecule has 18 heavy (non-hydrogen) atoms. The summed E-state index contributed by atoms with van der Waals surface area (Å²) in [4.78, 5) is 13.7. The van der Waals surface area contributed by atoms with E-state index in [1.54, 1.807) is 4.90 Å². The summed E-state index contributed by atoms with van der Waals surface area (Å²) < 4.78 is 10.5. The van der Waals surface area contributed by atoms with Crippen LogP contribution in [0.15, 0.2) is 0 Å². The number of rotatable bonds is 6. The standard InChI is InChI=1S/C13H26N2O3/c1-5-7-15(12(16)18-13(2,3)4)8-6-14-11-9-17-10-11/h11,14H,5-10H2,1-4H3. The molecule has 1 aliphatic heterocycles. The fourth-order valence-electron chi connectivity index (χ4n) is 1.65. The third-order valence-electron chi connectivity index (χ3n) is 2.60. The minimum Gasteiger partial charge on any atom is -0.444 e. The van der Waals surface area contributed by atoms with Gasteiger partial charge in [-0.25, -0.2) is 4.79 Å². The van der Waals surface area contributed by atoms with Crippen molar-refractivity contribution < 1.29 is 14.3 Å². The van der Waals surface area contributed by atoms with Crippen molar-refractivity contribution >= 4 is 6.09 Å². The molecule has 0 aliphatic carbocycles. The first kappa shape index (κ1) is 15.2. The molecule has 0 atom stereocenters. The highest BCUT2D eigenvalue weighted by atomic mass is 16.6. The second-order valence-electron chi connectivity index (χ2n) is 5.66. The van der Waals surface area contributed by atoms with Gasteiger partial charge in [0.2, 0.25) is 0 Å². The zero-order valence-corrected chi connectivity index (χ0v) is 12.0. The highest BCUT2D eigenvalue weighted by Crippen LogP contribution is 2.10. The van der Waals surface area contributed by atoms with Crippen LogP contribution in [0.25, 0.3) is 0 Å². The Bertz CT molecular complexity index is 259. The van der Waals surface area contributed by atoms with Crippen molar-refractivity contribution in [2.75, 3.05) is 32.8 Å². The first-order valence-corrected chi connectivity index (χ1v) is 6.71. The smallest absolute Gasteiger partial charge is 0.410 e. The minimum atomic E-state index is -0.432. The molecule has 0 saturated carbocycles. The molecule has 0 aromatic rings. The van der Waals surface area contributed by atoms with E-state index in [9.17, 15) is 4.79 Å². The Hall–Kier alpha value is -0.810. The summed E-state index contributed by atoms with van der Waals surface area (Å²) in [6, 6.07) is 0.451. The zero-order valence-electron chi connectivity index (χ0n) is 12.0. The summed E-state index contributed by atoms with van der Waals surface area (Å²) in [5.74, 6) is 0. The van der Waals surface area contributed by atoms with Gasteiger partial charge in [0.15, 0.2) is 0 Å². The number of carbonyl (C=O) groups is 1. The lowest BCUT2D eigenvalue weighted by Crippen LogP contribution is -2.49. The largest absolute Gasteiger partial charge is 0.444 e. The Kier molecular flexibility index (Phi) is 5.88. The summed E-state index contributed by atoms with van der Waals surface area (Å²) in [6.07, 6.45) is 0.710. The maximum atomic E-state index is 12.0. The van der Waals surface area contributed by atoms with Crippen molar-refractivity contribution in [2.24, 2.45) is 0 Å². The zero-order chi connectivity index (χ0) is 13.6. The molecule has 0 aromatic heterocycles. The summed E-state index contributed by atoms with van der Waals surface area (Å²) in [7, 11) is 0. The summed E-state index contributed by atoms with van der Waals surface area (Å²) >= 11 is 0. The van der Waals surface area contributed by atoms with E-state index in [-0.39, 0.29) is 6.09 Å². The maximum absolute atomic E-state index is 12.0. The molecule has 1 saturated heterocycles. The predicted molar refractivity (Wildman–Crippen MR) is 70.7 cm³/mol. The first-order chi connectivity index (χ1) is 8.42. The van der Waals surface area contributed by atoms with Gasteiger partial charge in [-0.05, 0) is 27.2 Å². The number of ether oxygens (including phenoxy) is 2. The van der Waals surface area contributed by atoms with Crippen molar-refractivity contribution in [2.45, 2.75) is 45.8 Å². The van der Waals surface area contributed by atoms with E-state index in [1.807, 2.05) is 20.8 Å². The predicted octanol–water partition coefficient (Wildman–Crippen LogP) is 1.62. The molecule has 106 valence electrons. The molecule has 1 fully saturated rings. The Balaban J connectivity index is 2.30. The topological polar surface area (TPSA) is 50.8 Å². The van der Waals surface area contributed by atoms with Gasteiger partial charge in [-0.1, -0.05) is 6.92 Å². The molecule has 0 unspecified atom stereocenters. The van der Waals surface area contributed by atoms with Crippen LogP contribution in [0.5, 0.6) is 0 Å². The SMILES string of the molecule is CCCN(CCNC1COC1)C(=O)OC(C)(C)C. The van der Waals surface area contributed by atoms with Gasteiger partial charge in [0.1, 0.15) is 5.60 Å². The maximum Gasteiger partial charge on any atom is 0.410 e. The van der Waals surface area contributed by atoms with Crippen LogP contribution in [0.2, 0.25) is 0 Å². The molecule has 1 N–H and O–H groups in total. The van der Waals surface area contributed by atoms with Crippen LogP contribution in [0, 0.1) is 0 Å². The Labute approximate surface area is 110 Å². The van der Waals surface area contributed by atoms with E-state index >= 15 is 0 Å². The van der Waals surface area contributed by atoms with Gasteiger partial charge >= 0.3 is 6.09 Å². The highest BCUT2D eigenvalue weighted by Gasteiger charge is 2.22. The lowest BCUT2D eigenvalue weighted by atomic mass is 10.2. The molecular weight excluding hydrogens is 232 g/mol. The second-order valence-corrected chi connectivity index (χ2v) is 5.66. The fraction of sp³-hybridized carbons (Fsp3) is 0.923. The van der Waals surface area contributed by atoms with Crippen LogP contribution in [0.3, 0.4) is 0 Å². The normalized spacial score (nSPS) is 16.2. The molecule has 0 spiro atoms. The molecular formula is C13H26N2O3. The van der Waals surface area contributed by atoms with E-state index in [2.05, 4.69) is 12.2 Å². The Morgan fingerprint density at radius 1 is 1.39 bits per heavy atom. The molecule has 5 nitrogen and oxygen atoms in total. The van der Waals surface area contributed by atoms with E-state index in [0.29, 0.717) is 12.6 Å². The Morgan fingerprint density at radius 3 is 2.50 bits per heavy atom. The second kappa shape index (κ2) is 6.95. The molecule has 0 bridgehead atoms. The fourth-order valence-corrected chi connectivity index (χ4v) is 1.65. The van der Waals surface area contributed by atoms with Gasteiger partial charge in [-0.3, -0.25) is 0 Å². The van der Waals surface area contributed by atoms with Crippen molar-refractivity contribution in [1.82, 2.24) is 10.2 Å². The van der Waals surface area contributed by atoms with Crippen molar-refractivity contribution in [3.05, 3.63) is 0 Å². The van der Waals surface area contributed by atoms with Crippen LogP contribution in [0.1, 0.15) is 34.1 Å². The molecule has 1 heterocycles. The third-order valence-corrected chi connectivity index (χ3v) is 2.60. The number of nitrogens with zero attached hydrogens (tertiary/aromatic N) is 1. The number of amides is 1. The molecule has 0 aromatic carbocycles. The monoisotopic (exact) mass is 258 g/mol. The van der Waals surface area contributed by atoms with E-state index in [0.717, 1.165) is 32.7 Å². The third kappa shape index (κ3) is 5.69. The lowest BCUT2D eigenvalue weighted by Gasteiger charge is -2.30. The molecule has 1 amide bonds. The van der Waals surface area contributed by atoms with Crippen LogP contribution in [-0.2, 0) is 9.47 Å². The average Bonchev–Trinajstić information content (AvgIpc) is 2.17. The molecule has 5 heteroatoms. The van der Waals surface area contributed by atoms with Gasteiger partial charge in [-0.2, -0.15) is 0 Å². The van der Waals surface area contributed by atoms with Crippen LogP contribution < -0.4 is 5.32 Å². The van der Waals surface area contributed by atoms with E-state index in [4.69, 9.17) is 9.47 Å². The molecule has 0 radical (unpaired) electrons. The average molecular weight is 258 g/mol. The van der Waals surface area contributed by atoms with Gasteiger partial charge < -0.3 is 19.7 Å². The minimum absolute atomic E-state index is 0.226.